The number of hydrogen-bond donors (Lipinski definition) is 2. The van der Waals surface area contributed by atoms with E-state index in [-0.39, 0.29) is 6.61 Å². The van der Waals surface area contributed by atoms with Crippen LogP contribution in [0.15, 0.2) is 12.3 Å². The molecule has 1 heterocycles. The lowest BCUT2D eigenvalue weighted by molar-refractivity contribution is 0.0864. The number of amides is 1. The molecule has 1 rings (SSSR count). The number of rotatable bonds is 3. The van der Waals surface area contributed by atoms with E-state index >= 15 is 0 Å². The third-order valence-corrected chi connectivity index (χ3v) is 1.94. The van der Waals surface area contributed by atoms with Gasteiger partial charge in [-0.3, -0.25) is 4.79 Å². The topological polar surface area (TPSA) is 62.2 Å². The van der Waals surface area contributed by atoms with Gasteiger partial charge in [0.1, 0.15) is 0 Å². The lowest BCUT2D eigenvalue weighted by Crippen LogP contribution is -2.46. The lowest BCUT2D eigenvalue weighted by atomic mass is 10.1. The highest BCUT2D eigenvalue weighted by Gasteiger charge is 2.23. The van der Waals surface area contributed by atoms with Crippen molar-refractivity contribution in [3.8, 4) is 0 Å². The maximum atomic E-state index is 13.2. The molecule has 0 aliphatic heterocycles. The maximum absolute atomic E-state index is 13.2. The summed E-state index contributed by atoms with van der Waals surface area (Å²) in [7, 11) is 0. The quantitative estimate of drug-likeness (QED) is 0.757. The van der Waals surface area contributed by atoms with Gasteiger partial charge in [-0.15, -0.1) is 0 Å². The Balaban J connectivity index is 2.94. The van der Waals surface area contributed by atoms with Crippen LogP contribution >= 0.6 is 0 Å². The third kappa shape index (κ3) is 2.73. The highest BCUT2D eigenvalue weighted by molar-refractivity contribution is 5.94. The molecule has 0 spiro atoms. The van der Waals surface area contributed by atoms with Crippen LogP contribution in [0.3, 0.4) is 0 Å². The van der Waals surface area contributed by atoms with Crippen LogP contribution in [0.5, 0.6) is 0 Å². The Labute approximate surface area is 91.3 Å². The first-order chi connectivity index (χ1) is 7.37. The van der Waals surface area contributed by atoms with Crippen molar-refractivity contribution in [1.82, 2.24) is 10.3 Å². The number of carbonyl (C=O) groups excluding carboxylic acids is 1. The van der Waals surface area contributed by atoms with Crippen LogP contribution in [0.2, 0.25) is 0 Å². The molecule has 88 valence electrons. The number of halogens is 2. The van der Waals surface area contributed by atoms with E-state index in [1.165, 1.54) is 0 Å². The molecule has 0 aromatic carbocycles. The molecule has 0 saturated carbocycles. The van der Waals surface area contributed by atoms with Crippen molar-refractivity contribution in [3.05, 3.63) is 29.6 Å². The Hall–Kier alpha value is -1.56. The van der Waals surface area contributed by atoms with E-state index in [0.717, 1.165) is 12.3 Å². The van der Waals surface area contributed by atoms with Gasteiger partial charge in [0.05, 0.1) is 17.7 Å². The van der Waals surface area contributed by atoms with Crippen molar-refractivity contribution in [2.45, 2.75) is 19.4 Å². The first kappa shape index (κ1) is 12.5. The number of aliphatic hydroxyl groups is 1. The normalized spacial score (nSPS) is 11.3. The van der Waals surface area contributed by atoms with Crippen molar-refractivity contribution in [1.29, 1.82) is 0 Å². The smallest absolute Gasteiger partial charge is 0.254 e. The fourth-order valence-corrected chi connectivity index (χ4v) is 1.01. The summed E-state index contributed by atoms with van der Waals surface area (Å²) in [5, 5.41) is 11.3. The number of nitrogens with one attached hydrogen (secondary N) is 1. The predicted molar refractivity (Wildman–Crippen MR) is 52.8 cm³/mol. The molecule has 0 aliphatic carbocycles. The highest BCUT2D eigenvalue weighted by Crippen LogP contribution is 2.10. The zero-order chi connectivity index (χ0) is 12.3. The van der Waals surface area contributed by atoms with Gasteiger partial charge in [-0.1, -0.05) is 0 Å². The van der Waals surface area contributed by atoms with Gasteiger partial charge >= 0.3 is 0 Å². The molecule has 0 fully saturated rings. The Bertz CT molecular complexity index is 408. The largest absolute Gasteiger partial charge is 0.394 e. The summed E-state index contributed by atoms with van der Waals surface area (Å²) in [6.07, 6.45) is 0.999. The van der Waals surface area contributed by atoms with Crippen LogP contribution in [-0.2, 0) is 0 Å². The van der Waals surface area contributed by atoms with Gasteiger partial charge < -0.3 is 10.4 Å². The summed E-state index contributed by atoms with van der Waals surface area (Å²) in [6.45, 7) is 2.80. The summed E-state index contributed by atoms with van der Waals surface area (Å²) in [4.78, 5) is 14.6. The molecule has 0 bridgehead atoms. The minimum absolute atomic E-state index is 0.312. The van der Waals surface area contributed by atoms with Crippen LogP contribution in [0.25, 0.3) is 0 Å². The zero-order valence-corrected chi connectivity index (χ0v) is 8.92. The summed E-state index contributed by atoms with van der Waals surface area (Å²) < 4.78 is 25.9. The van der Waals surface area contributed by atoms with Gasteiger partial charge in [0.25, 0.3) is 5.91 Å². The minimum atomic E-state index is -1.32. The molecule has 1 amide bonds. The predicted octanol–water partition coefficient (Wildman–Crippen LogP) is 0.861. The average Bonchev–Trinajstić information content (AvgIpc) is 2.21. The van der Waals surface area contributed by atoms with Crippen LogP contribution in [0, 0.1) is 11.8 Å². The average molecular weight is 230 g/mol. The van der Waals surface area contributed by atoms with E-state index in [2.05, 4.69) is 10.3 Å². The Kier molecular flexibility index (Phi) is 3.54. The molecule has 0 aliphatic rings. The summed E-state index contributed by atoms with van der Waals surface area (Å²) in [6, 6.07) is 1.07. The molecule has 6 heteroatoms. The van der Waals surface area contributed by atoms with Gasteiger partial charge in [-0.05, 0) is 19.9 Å². The zero-order valence-electron chi connectivity index (χ0n) is 8.92. The molecule has 2 N–H and O–H groups in total. The van der Waals surface area contributed by atoms with Gasteiger partial charge in [0.15, 0.2) is 5.82 Å². The fraction of sp³-hybridized carbons (Fsp3) is 0.400. The number of aromatic nitrogens is 1. The van der Waals surface area contributed by atoms with E-state index < -0.39 is 28.8 Å². The van der Waals surface area contributed by atoms with Crippen LogP contribution < -0.4 is 5.32 Å². The first-order valence-electron chi connectivity index (χ1n) is 4.61. The highest BCUT2D eigenvalue weighted by atomic mass is 19.2. The van der Waals surface area contributed by atoms with E-state index in [9.17, 15) is 13.6 Å². The molecular formula is C10H12F2N2O2. The minimum Gasteiger partial charge on any atom is -0.394 e. The third-order valence-electron chi connectivity index (χ3n) is 1.94. The van der Waals surface area contributed by atoms with E-state index in [1.807, 2.05) is 0 Å². The number of aliphatic hydroxyl groups excluding tert-OH is 1. The summed E-state index contributed by atoms with van der Waals surface area (Å²) in [5.74, 6) is -3.42. The van der Waals surface area contributed by atoms with E-state index in [4.69, 9.17) is 5.11 Å². The van der Waals surface area contributed by atoms with Gasteiger partial charge in [-0.25, -0.2) is 9.37 Å². The molecule has 0 saturated heterocycles. The van der Waals surface area contributed by atoms with Gasteiger partial charge in [0, 0.05) is 6.20 Å². The van der Waals surface area contributed by atoms with Crippen molar-refractivity contribution in [2.24, 2.45) is 0 Å². The molecule has 0 radical (unpaired) electrons. The SMILES string of the molecule is CC(C)(CO)NC(=O)c1ccnc(F)c1F. The standard InChI is InChI=1S/C10H12F2N2O2/c1-10(2,5-15)14-9(16)6-3-4-13-8(12)7(6)11/h3-4,15H,5H2,1-2H3,(H,14,16). The second-order valence-electron chi connectivity index (χ2n) is 3.96. The van der Waals surface area contributed by atoms with Crippen LogP contribution in [-0.4, -0.2) is 28.1 Å². The molecule has 0 atom stereocenters. The maximum Gasteiger partial charge on any atom is 0.254 e. The number of pyridine rings is 1. The van der Waals surface area contributed by atoms with Crippen molar-refractivity contribution >= 4 is 5.91 Å². The second kappa shape index (κ2) is 4.52. The lowest BCUT2D eigenvalue weighted by Gasteiger charge is -2.23. The van der Waals surface area contributed by atoms with Crippen LogP contribution in [0.1, 0.15) is 24.2 Å². The van der Waals surface area contributed by atoms with E-state index in [1.54, 1.807) is 13.8 Å². The van der Waals surface area contributed by atoms with E-state index in [0.29, 0.717) is 0 Å². The molecule has 0 unspecified atom stereocenters. The van der Waals surface area contributed by atoms with Crippen molar-refractivity contribution in [3.63, 3.8) is 0 Å². The monoisotopic (exact) mass is 230 g/mol. The molecule has 1 aromatic heterocycles. The molecule has 16 heavy (non-hydrogen) atoms. The number of hydrogen-bond acceptors (Lipinski definition) is 3. The molecular weight excluding hydrogens is 218 g/mol. The van der Waals surface area contributed by atoms with Crippen molar-refractivity contribution in [2.75, 3.05) is 6.61 Å². The Morgan fingerprint density at radius 2 is 2.19 bits per heavy atom. The second-order valence-corrected chi connectivity index (χ2v) is 3.96. The number of nitrogens with zero attached hydrogens (tertiary/aromatic N) is 1. The molecule has 1 aromatic rings. The van der Waals surface area contributed by atoms with Gasteiger partial charge in [0.2, 0.25) is 5.95 Å². The van der Waals surface area contributed by atoms with Crippen molar-refractivity contribution < 1.29 is 18.7 Å². The Morgan fingerprint density at radius 1 is 1.56 bits per heavy atom. The first-order valence-corrected chi connectivity index (χ1v) is 4.61. The molecule has 4 nitrogen and oxygen atoms in total. The number of carbonyl (C=O) groups is 1. The summed E-state index contributed by atoms with van der Waals surface area (Å²) in [5.41, 5.74) is -1.34. The Morgan fingerprint density at radius 3 is 2.75 bits per heavy atom. The van der Waals surface area contributed by atoms with Crippen LogP contribution in [0.4, 0.5) is 8.78 Å². The summed E-state index contributed by atoms with van der Waals surface area (Å²) >= 11 is 0. The fourth-order valence-electron chi connectivity index (χ4n) is 1.01. The van der Waals surface area contributed by atoms with Gasteiger partial charge in [-0.2, -0.15) is 4.39 Å².